The minimum atomic E-state index is -4.37. The SMILES string of the molecule is Cc1nc(N2CCCC(c3csc(NC4=NCCCN4)n3)C2)ccc1C(F)(F)F. The number of aromatic nitrogens is 2. The first kappa shape index (κ1) is 19.9. The van der Waals surface area contributed by atoms with Gasteiger partial charge in [0.05, 0.1) is 17.0 Å². The maximum absolute atomic E-state index is 13.0. The highest BCUT2D eigenvalue weighted by Crippen LogP contribution is 2.34. The summed E-state index contributed by atoms with van der Waals surface area (Å²) in [5, 5.41) is 9.29. The lowest BCUT2D eigenvalue weighted by molar-refractivity contribution is -0.138. The summed E-state index contributed by atoms with van der Waals surface area (Å²) in [6.45, 7) is 4.60. The molecule has 10 heteroatoms. The average Bonchev–Trinajstić information content (AvgIpc) is 3.16. The molecule has 2 N–H and O–H groups in total. The zero-order valence-electron chi connectivity index (χ0n) is 16.1. The van der Waals surface area contributed by atoms with Crippen molar-refractivity contribution >= 4 is 28.2 Å². The Kier molecular flexibility index (Phi) is 5.62. The monoisotopic (exact) mass is 424 g/mol. The number of nitrogens with one attached hydrogen (secondary N) is 2. The maximum Gasteiger partial charge on any atom is 0.418 e. The van der Waals surface area contributed by atoms with Crippen molar-refractivity contribution < 1.29 is 13.2 Å². The van der Waals surface area contributed by atoms with Gasteiger partial charge < -0.3 is 15.5 Å². The van der Waals surface area contributed by atoms with E-state index in [2.05, 4.69) is 25.5 Å². The van der Waals surface area contributed by atoms with Gasteiger partial charge in [-0.15, -0.1) is 11.3 Å². The van der Waals surface area contributed by atoms with Gasteiger partial charge in [0.15, 0.2) is 11.1 Å². The van der Waals surface area contributed by atoms with E-state index in [9.17, 15) is 13.2 Å². The normalized spacial score (nSPS) is 20.2. The highest BCUT2D eigenvalue weighted by molar-refractivity contribution is 7.13. The molecule has 2 aliphatic rings. The summed E-state index contributed by atoms with van der Waals surface area (Å²) in [7, 11) is 0. The molecular formula is C19H23F3N6S. The fourth-order valence-electron chi connectivity index (χ4n) is 3.70. The van der Waals surface area contributed by atoms with Gasteiger partial charge >= 0.3 is 6.18 Å². The van der Waals surface area contributed by atoms with Crippen LogP contribution in [0, 0.1) is 6.92 Å². The highest BCUT2D eigenvalue weighted by atomic mass is 32.1. The number of hydrogen-bond acceptors (Lipinski definition) is 7. The summed E-state index contributed by atoms with van der Waals surface area (Å²) < 4.78 is 39.0. The third-order valence-electron chi connectivity index (χ3n) is 5.18. The molecule has 6 nitrogen and oxygen atoms in total. The van der Waals surface area contributed by atoms with Gasteiger partial charge in [0.1, 0.15) is 5.82 Å². The van der Waals surface area contributed by atoms with Gasteiger partial charge in [-0.3, -0.25) is 4.99 Å². The fourth-order valence-corrected chi connectivity index (χ4v) is 4.49. The van der Waals surface area contributed by atoms with Crippen LogP contribution in [0.1, 0.15) is 42.1 Å². The summed E-state index contributed by atoms with van der Waals surface area (Å²) in [6, 6.07) is 2.60. The molecule has 29 heavy (non-hydrogen) atoms. The molecule has 1 unspecified atom stereocenters. The van der Waals surface area contributed by atoms with E-state index in [1.807, 2.05) is 5.38 Å². The van der Waals surface area contributed by atoms with Crippen LogP contribution < -0.4 is 15.5 Å². The van der Waals surface area contributed by atoms with Gasteiger partial charge in [-0.05, 0) is 38.3 Å². The number of alkyl halides is 3. The predicted molar refractivity (Wildman–Crippen MR) is 109 cm³/mol. The van der Waals surface area contributed by atoms with Crippen LogP contribution in [-0.2, 0) is 6.18 Å². The molecule has 2 aromatic heterocycles. The van der Waals surface area contributed by atoms with Crippen LogP contribution >= 0.6 is 11.3 Å². The van der Waals surface area contributed by atoms with Gasteiger partial charge in [0.2, 0.25) is 0 Å². The van der Waals surface area contributed by atoms with E-state index in [1.54, 1.807) is 0 Å². The molecule has 0 bridgehead atoms. The molecular weight excluding hydrogens is 401 g/mol. The molecule has 2 aliphatic heterocycles. The number of aliphatic imine (C=N–C) groups is 1. The van der Waals surface area contributed by atoms with Crippen LogP contribution in [0.3, 0.4) is 0 Å². The number of hydrogen-bond donors (Lipinski definition) is 2. The smallest absolute Gasteiger partial charge is 0.356 e. The van der Waals surface area contributed by atoms with Gasteiger partial charge in [0, 0.05) is 37.5 Å². The number of halogens is 3. The van der Waals surface area contributed by atoms with Crippen molar-refractivity contribution in [1.82, 2.24) is 15.3 Å². The molecule has 1 atom stereocenters. The molecule has 0 spiro atoms. The highest BCUT2D eigenvalue weighted by Gasteiger charge is 2.33. The quantitative estimate of drug-likeness (QED) is 0.780. The summed E-state index contributed by atoms with van der Waals surface area (Å²) in [5.41, 5.74) is 0.338. The van der Waals surface area contributed by atoms with E-state index in [0.29, 0.717) is 12.4 Å². The first-order valence-corrected chi connectivity index (χ1v) is 10.6. The van der Waals surface area contributed by atoms with Crippen molar-refractivity contribution in [2.45, 2.75) is 38.3 Å². The third kappa shape index (κ3) is 4.63. The second-order valence-corrected chi connectivity index (χ2v) is 8.16. The first-order valence-electron chi connectivity index (χ1n) is 9.71. The van der Waals surface area contributed by atoms with E-state index in [0.717, 1.165) is 61.7 Å². The Morgan fingerprint density at radius 3 is 2.83 bits per heavy atom. The molecule has 2 aromatic rings. The largest absolute Gasteiger partial charge is 0.418 e. The molecule has 1 saturated heterocycles. The standard InChI is InChI=1S/C19H23F3N6S/c1-12-14(19(20,21)22)5-6-16(25-12)28-9-2-4-13(10-28)15-11-29-18(26-15)27-17-23-7-3-8-24-17/h5-6,11,13H,2-4,7-10H2,1H3,(H2,23,24,26,27). The summed E-state index contributed by atoms with van der Waals surface area (Å²) in [4.78, 5) is 15.4. The second kappa shape index (κ2) is 8.17. The topological polar surface area (TPSA) is 65.4 Å². The number of aryl methyl sites for hydroxylation is 1. The summed E-state index contributed by atoms with van der Waals surface area (Å²) in [5.74, 6) is 1.57. The number of piperidine rings is 1. The number of thiazole rings is 1. The van der Waals surface area contributed by atoms with Crippen molar-refractivity contribution in [2.24, 2.45) is 4.99 Å². The van der Waals surface area contributed by atoms with E-state index in [-0.39, 0.29) is 11.6 Å². The molecule has 4 heterocycles. The Labute approximate surface area is 171 Å². The molecule has 156 valence electrons. The average molecular weight is 424 g/mol. The summed E-state index contributed by atoms with van der Waals surface area (Å²) >= 11 is 1.54. The molecule has 0 amide bonds. The number of guanidine groups is 1. The van der Waals surface area contributed by atoms with Crippen LogP contribution in [0.15, 0.2) is 22.5 Å². The van der Waals surface area contributed by atoms with Gasteiger partial charge in [-0.1, -0.05) is 0 Å². The Morgan fingerprint density at radius 2 is 2.10 bits per heavy atom. The molecule has 1 fully saturated rings. The molecule has 0 aliphatic carbocycles. The molecule has 4 rings (SSSR count). The zero-order chi connectivity index (χ0) is 20.4. The Bertz CT molecular complexity index is 894. The molecule has 0 radical (unpaired) electrons. The van der Waals surface area contributed by atoms with Crippen LogP contribution in [0.2, 0.25) is 0 Å². The van der Waals surface area contributed by atoms with Crippen LogP contribution in [-0.4, -0.2) is 42.1 Å². The second-order valence-electron chi connectivity index (χ2n) is 7.30. The van der Waals surface area contributed by atoms with Crippen molar-refractivity contribution in [1.29, 1.82) is 0 Å². The summed E-state index contributed by atoms with van der Waals surface area (Å²) in [6.07, 6.45) is -1.40. The van der Waals surface area contributed by atoms with Crippen molar-refractivity contribution in [3.8, 4) is 0 Å². The predicted octanol–water partition coefficient (Wildman–Crippen LogP) is 4.01. The lowest BCUT2D eigenvalue weighted by atomic mass is 9.95. The maximum atomic E-state index is 13.0. The van der Waals surface area contributed by atoms with E-state index in [1.165, 1.54) is 24.3 Å². The fraction of sp³-hybridized carbons (Fsp3) is 0.526. The van der Waals surface area contributed by atoms with E-state index in [4.69, 9.17) is 4.98 Å². The van der Waals surface area contributed by atoms with Gasteiger partial charge in [-0.2, -0.15) is 13.2 Å². The molecule has 0 saturated carbocycles. The van der Waals surface area contributed by atoms with Crippen molar-refractivity contribution in [2.75, 3.05) is 36.4 Å². The minimum absolute atomic E-state index is 0.0121. The van der Waals surface area contributed by atoms with Crippen LogP contribution in [0.5, 0.6) is 0 Å². The zero-order valence-corrected chi connectivity index (χ0v) is 16.9. The third-order valence-corrected chi connectivity index (χ3v) is 5.96. The first-order chi connectivity index (χ1) is 13.9. The van der Waals surface area contributed by atoms with Crippen LogP contribution in [0.4, 0.5) is 24.1 Å². The molecule has 0 aromatic carbocycles. The van der Waals surface area contributed by atoms with Gasteiger partial charge in [-0.25, -0.2) is 9.97 Å². The minimum Gasteiger partial charge on any atom is -0.356 e. The Hall–Kier alpha value is -2.36. The van der Waals surface area contributed by atoms with E-state index < -0.39 is 11.7 Å². The Balaban J connectivity index is 1.45. The van der Waals surface area contributed by atoms with E-state index >= 15 is 0 Å². The number of nitrogens with zero attached hydrogens (tertiary/aromatic N) is 4. The number of anilines is 2. The van der Waals surface area contributed by atoms with Crippen LogP contribution in [0.25, 0.3) is 0 Å². The number of pyridine rings is 1. The Morgan fingerprint density at radius 1 is 1.24 bits per heavy atom. The van der Waals surface area contributed by atoms with Crippen molar-refractivity contribution in [3.05, 3.63) is 34.5 Å². The van der Waals surface area contributed by atoms with Crippen molar-refractivity contribution in [3.63, 3.8) is 0 Å². The lowest BCUT2D eigenvalue weighted by Gasteiger charge is -2.33. The lowest BCUT2D eigenvalue weighted by Crippen LogP contribution is -2.36. The number of rotatable bonds is 3. The van der Waals surface area contributed by atoms with Gasteiger partial charge in [0.25, 0.3) is 0 Å².